The van der Waals surface area contributed by atoms with E-state index in [4.69, 9.17) is 5.11 Å². The summed E-state index contributed by atoms with van der Waals surface area (Å²) < 4.78 is 394. The second kappa shape index (κ2) is 15.1. The number of thioether (sulfide) groups is 1. The van der Waals surface area contributed by atoms with Gasteiger partial charge in [-0.1, -0.05) is 11.8 Å². The Morgan fingerprint density at radius 3 is 0.946 bits per heavy atom. The Labute approximate surface area is 292 Å². The number of halogens is 29. The summed E-state index contributed by atoms with van der Waals surface area (Å²) in [5.74, 6) is -124. The molecule has 0 aromatic heterocycles. The van der Waals surface area contributed by atoms with Crippen molar-refractivity contribution in [2.24, 2.45) is 0 Å². The van der Waals surface area contributed by atoms with Crippen LogP contribution < -0.4 is 5.32 Å². The first-order chi connectivity index (χ1) is 24.1. The number of hydrogen-bond acceptors (Lipinski definition) is 3. The predicted molar refractivity (Wildman–Crippen MR) is 122 cm³/mol. The number of hydrogen-bond donors (Lipinski definition) is 2. The molecule has 0 bridgehead atoms. The summed E-state index contributed by atoms with van der Waals surface area (Å²) in [5.41, 5.74) is 0. The third-order valence-corrected chi connectivity index (χ3v) is 7.70. The average molecular weight is 923 g/mol. The van der Waals surface area contributed by atoms with Crippen LogP contribution in [0, 0.1) is 0 Å². The van der Waals surface area contributed by atoms with Gasteiger partial charge in [0, 0.05) is 25.1 Å². The monoisotopic (exact) mass is 923 g/mol. The van der Waals surface area contributed by atoms with Gasteiger partial charge < -0.3 is 10.4 Å². The van der Waals surface area contributed by atoms with Crippen LogP contribution in [0.25, 0.3) is 0 Å². The van der Waals surface area contributed by atoms with Crippen molar-refractivity contribution in [3.63, 3.8) is 0 Å². The van der Waals surface area contributed by atoms with E-state index >= 15 is 0 Å². The average Bonchev–Trinajstić information content (AvgIpc) is 2.98. The van der Waals surface area contributed by atoms with Crippen LogP contribution in [-0.2, 0) is 4.79 Å². The first-order valence-electron chi connectivity index (χ1n) is 13.2. The number of nitrogens with one attached hydrogen (secondary N) is 1. The Morgan fingerprint density at radius 2 is 0.679 bits per heavy atom. The van der Waals surface area contributed by atoms with Gasteiger partial charge in [-0.3, -0.25) is 9.59 Å². The minimum absolute atomic E-state index is 0.183. The highest BCUT2D eigenvalue weighted by Gasteiger charge is 3.00. The highest BCUT2D eigenvalue weighted by Crippen LogP contribution is 2.69. The highest BCUT2D eigenvalue weighted by molar-refractivity contribution is 8.13. The third-order valence-electron chi connectivity index (χ3n) is 6.89. The number of carboxylic acid groups (broad SMARTS) is 1. The summed E-state index contributed by atoms with van der Waals surface area (Å²) in [5, 5.41) is 8.48. The van der Waals surface area contributed by atoms with Crippen LogP contribution >= 0.6 is 11.8 Å². The molecule has 0 saturated heterocycles. The largest absolute Gasteiger partial charge is 0.481 e. The highest BCUT2D eigenvalue weighted by atomic mass is 32.2. The van der Waals surface area contributed by atoms with Crippen molar-refractivity contribution in [1.82, 2.24) is 5.32 Å². The molecule has 0 aliphatic rings. The van der Waals surface area contributed by atoms with Gasteiger partial charge in [-0.15, -0.1) is 0 Å². The number of unbranched alkanes of at least 4 members (excludes halogenated alkanes) is 1. The van der Waals surface area contributed by atoms with Crippen LogP contribution in [0.15, 0.2) is 0 Å². The molecule has 34 heteroatoms. The summed E-state index contributed by atoms with van der Waals surface area (Å²) in [6.45, 7) is -0.532. The molecule has 56 heavy (non-hydrogen) atoms. The molecule has 0 radical (unpaired) electrons. The van der Waals surface area contributed by atoms with Crippen LogP contribution in [0.2, 0.25) is 0 Å². The van der Waals surface area contributed by atoms with Gasteiger partial charge in [0.05, 0.1) is 0 Å². The van der Waals surface area contributed by atoms with Crippen LogP contribution in [0.4, 0.5) is 132 Å². The smallest absolute Gasteiger partial charge is 0.460 e. The maximum Gasteiger partial charge on any atom is 0.460 e. The van der Waals surface area contributed by atoms with Gasteiger partial charge in [0.15, 0.2) is 0 Å². The fraction of sp³-hybridized carbons (Fsp3) is 0.909. The number of alkyl halides is 29. The molecule has 0 spiro atoms. The van der Waals surface area contributed by atoms with Gasteiger partial charge in [0.2, 0.25) is 0 Å². The Hall–Kier alpha value is -2.74. The van der Waals surface area contributed by atoms with Gasteiger partial charge >= 0.3 is 89.1 Å². The molecule has 1 amide bonds. The number of carboxylic acids is 1. The van der Waals surface area contributed by atoms with Crippen molar-refractivity contribution in [3.05, 3.63) is 0 Å². The maximum atomic E-state index is 14.0. The molecule has 0 saturated carbocycles. The SMILES string of the molecule is O=C(O)CCCCNC(=O)SCCC(F)(F)C(F)(F)C(F)(F)C(F)(F)C(F)(F)C(F)(F)C(F)(F)C(F)(F)C(F)(F)C(F)(F)C(F)(F)C(F)(F)C(F)(F)C(F)(F)F. The zero-order valence-electron chi connectivity index (χ0n) is 25.4. The molecule has 0 fully saturated rings. The number of amides is 1. The van der Waals surface area contributed by atoms with Crippen LogP contribution in [-0.4, -0.2) is 112 Å². The Balaban J connectivity index is 6.92. The predicted octanol–water partition coefficient (Wildman–Crippen LogP) is 10.9. The second-order valence-corrected chi connectivity index (χ2v) is 11.8. The van der Waals surface area contributed by atoms with Crippen molar-refractivity contribution in [1.29, 1.82) is 0 Å². The van der Waals surface area contributed by atoms with Gasteiger partial charge in [0.25, 0.3) is 5.24 Å². The minimum atomic E-state index is -9.98. The third kappa shape index (κ3) is 7.75. The molecule has 0 unspecified atom stereocenters. The number of rotatable bonds is 20. The molecule has 2 N–H and O–H groups in total. The van der Waals surface area contributed by atoms with E-state index in [2.05, 4.69) is 0 Å². The lowest BCUT2D eigenvalue weighted by molar-refractivity contribution is -0.487. The first-order valence-corrected chi connectivity index (χ1v) is 14.2. The molecular formula is C22H14F29NO3S. The quantitative estimate of drug-likeness (QED) is 0.0943. The summed E-state index contributed by atoms with van der Waals surface area (Å²) in [7, 11) is 0. The van der Waals surface area contributed by atoms with E-state index in [-0.39, 0.29) is 12.8 Å². The van der Waals surface area contributed by atoms with Gasteiger partial charge in [-0.2, -0.15) is 127 Å². The van der Waals surface area contributed by atoms with E-state index in [0.717, 1.165) is 0 Å². The van der Waals surface area contributed by atoms with Crippen molar-refractivity contribution in [3.8, 4) is 0 Å². The summed E-state index contributed by atoms with van der Waals surface area (Å²) >= 11 is -0.665. The molecule has 0 aliphatic heterocycles. The van der Waals surface area contributed by atoms with Gasteiger partial charge in [-0.25, -0.2) is 0 Å². The Kier molecular flexibility index (Phi) is 14.4. The fourth-order valence-electron chi connectivity index (χ4n) is 3.45. The van der Waals surface area contributed by atoms with E-state index in [0.29, 0.717) is 0 Å². The lowest BCUT2D eigenvalue weighted by Gasteiger charge is -2.46. The molecule has 0 rings (SSSR count). The summed E-state index contributed by atoms with van der Waals surface area (Å²) in [4.78, 5) is 21.7. The zero-order valence-corrected chi connectivity index (χ0v) is 26.2. The van der Waals surface area contributed by atoms with Crippen molar-refractivity contribution < 1.29 is 142 Å². The minimum Gasteiger partial charge on any atom is -0.481 e. The molecule has 4 nitrogen and oxygen atoms in total. The molecule has 0 aliphatic carbocycles. The van der Waals surface area contributed by atoms with E-state index < -0.39 is 131 Å². The molecule has 334 valence electrons. The maximum absolute atomic E-state index is 14.0. The molecule has 0 atom stereocenters. The van der Waals surface area contributed by atoms with E-state index in [1.54, 1.807) is 5.32 Å². The van der Waals surface area contributed by atoms with Crippen LogP contribution in [0.3, 0.4) is 0 Å². The normalized spacial score (nSPS) is 15.9. The molecule has 0 heterocycles. The van der Waals surface area contributed by atoms with Crippen LogP contribution in [0.1, 0.15) is 25.7 Å². The summed E-state index contributed by atoms with van der Waals surface area (Å²) in [6.07, 6.45) is -12.3. The Bertz CT molecular complexity index is 1410. The topological polar surface area (TPSA) is 66.4 Å². The summed E-state index contributed by atoms with van der Waals surface area (Å²) in [6, 6.07) is 0. The Morgan fingerprint density at radius 1 is 0.411 bits per heavy atom. The van der Waals surface area contributed by atoms with Gasteiger partial charge in [0.1, 0.15) is 0 Å². The molecular weight excluding hydrogens is 909 g/mol. The van der Waals surface area contributed by atoms with Crippen molar-refractivity contribution >= 4 is 23.0 Å². The fourth-order valence-corrected chi connectivity index (χ4v) is 4.20. The number of aliphatic carboxylic acids is 1. The van der Waals surface area contributed by atoms with E-state index in [9.17, 15) is 137 Å². The first kappa shape index (κ1) is 53.3. The lowest BCUT2D eigenvalue weighted by Crippen LogP contribution is -2.79. The standard InChI is InChI=1S/C22H14F29NO3S/c23-9(24,4-6-56-8(55)52-5-2-1-3-7(53)54)10(25,26)11(27,28)12(29,30)13(31,32)14(33,34)15(35,36)16(37,38)17(39,40)18(41,42)19(43,44)20(45,46)21(47,48)22(49,50)51/h1-6H2,(H,52,55)(H,53,54). The van der Waals surface area contributed by atoms with Gasteiger partial charge in [-0.05, 0) is 12.8 Å². The molecule has 0 aromatic carbocycles. The lowest BCUT2D eigenvalue weighted by atomic mass is 9.83. The van der Waals surface area contributed by atoms with Crippen molar-refractivity contribution in [2.45, 2.75) is 109 Å². The van der Waals surface area contributed by atoms with Crippen molar-refractivity contribution in [2.75, 3.05) is 12.3 Å². The van der Waals surface area contributed by atoms with E-state index in [1.165, 1.54) is 0 Å². The molecule has 0 aromatic rings. The number of carbonyl (C=O) groups is 2. The zero-order chi connectivity index (χ0) is 45.8. The number of carbonyl (C=O) groups excluding carboxylic acids is 1. The second-order valence-electron chi connectivity index (χ2n) is 10.8. The van der Waals surface area contributed by atoms with E-state index in [1.807, 2.05) is 0 Å². The van der Waals surface area contributed by atoms with Crippen LogP contribution in [0.5, 0.6) is 0 Å².